The number of nitrogen functional groups attached to an aromatic ring is 1. The standard InChI is InChI=1S/C17H25N5/c1-7-9-21-13(5)15(11-20(8-2)12(3)4)14(6)22-17(21)10-16(18)19-22/h7-8,10,12H,1-2,6,9,11H2,3-5H3,(H2,18,19). The van der Waals surface area contributed by atoms with Crippen LogP contribution >= 0.6 is 0 Å². The topological polar surface area (TPSA) is 50.3 Å². The number of rotatable bonds is 6. The fraction of sp³-hybridized carbons (Fsp3) is 0.353. The van der Waals surface area contributed by atoms with E-state index < -0.39 is 0 Å². The van der Waals surface area contributed by atoms with Gasteiger partial charge in [-0.15, -0.1) is 11.7 Å². The van der Waals surface area contributed by atoms with Gasteiger partial charge in [-0.05, 0) is 27.0 Å². The molecule has 2 N–H and O–H groups in total. The Labute approximate surface area is 132 Å². The average molecular weight is 299 g/mol. The third-order valence-corrected chi connectivity index (χ3v) is 3.98. The number of hydrogen-bond donors (Lipinski definition) is 1. The minimum absolute atomic E-state index is 0.363. The van der Waals surface area contributed by atoms with Crippen molar-refractivity contribution in [3.05, 3.63) is 49.3 Å². The van der Waals surface area contributed by atoms with Gasteiger partial charge >= 0.3 is 0 Å². The van der Waals surface area contributed by atoms with Crippen molar-refractivity contribution in [1.29, 1.82) is 0 Å². The van der Waals surface area contributed by atoms with Crippen LogP contribution in [0.1, 0.15) is 20.8 Å². The van der Waals surface area contributed by atoms with Gasteiger partial charge < -0.3 is 15.5 Å². The molecule has 0 saturated carbocycles. The molecule has 0 unspecified atom stereocenters. The first kappa shape index (κ1) is 15.9. The first-order valence-corrected chi connectivity index (χ1v) is 7.42. The van der Waals surface area contributed by atoms with Gasteiger partial charge in [0.05, 0.1) is 5.70 Å². The van der Waals surface area contributed by atoms with Crippen LogP contribution in [0.15, 0.2) is 49.3 Å². The smallest absolute Gasteiger partial charge is 0.148 e. The Bertz CT molecular complexity index is 635. The van der Waals surface area contributed by atoms with Crippen molar-refractivity contribution in [3.8, 4) is 0 Å². The summed E-state index contributed by atoms with van der Waals surface area (Å²) in [5.41, 5.74) is 9.01. The largest absolute Gasteiger partial charge is 0.382 e. The number of nitrogens with two attached hydrogens (primary N) is 1. The molecule has 1 aromatic heterocycles. The zero-order valence-corrected chi connectivity index (χ0v) is 13.7. The fourth-order valence-electron chi connectivity index (χ4n) is 2.66. The second kappa shape index (κ2) is 6.13. The summed E-state index contributed by atoms with van der Waals surface area (Å²) in [6.07, 6.45) is 3.74. The second-order valence-corrected chi connectivity index (χ2v) is 5.70. The number of aromatic nitrogens is 2. The van der Waals surface area contributed by atoms with E-state index in [-0.39, 0.29) is 0 Å². The Balaban J connectivity index is 2.47. The summed E-state index contributed by atoms with van der Waals surface area (Å²) in [7, 11) is 0. The fourth-order valence-corrected chi connectivity index (χ4v) is 2.66. The molecule has 0 radical (unpaired) electrons. The van der Waals surface area contributed by atoms with Crippen molar-refractivity contribution >= 4 is 17.3 Å². The molecule has 5 nitrogen and oxygen atoms in total. The zero-order chi connectivity index (χ0) is 16.4. The Morgan fingerprint density at radius 1 is 1.41 bits per heavy atom. The average Bonchev–Trinajstić information content (AvgIpc) is 2.85. The summed E-state index contributed by atoms with van der Waals surface area (Å²) < 4.78 is 1.81. The molecule has 0 spiro atoms. The van der Waals surface area contributed by atoms with Crippen LogP contribution in [-0.2, 0) is 0 Å². The predicted molar refractivity (Wildman–Crippen MR) is 94.3 cm³/mol. The Kier molecular flexibility index (Phi) is 4.45. The van der Waals surface area contributed by atoms with Crippen LogP contribution in [0.5, 0.6) is 0 Å². The van der Waals surface area contributed by atoms with Crippen LogP contribution in [0.3, 0.4) is 0 Å². The number of allylic oxidation sites excluding steroid dienone is 1. The van der Waals surface area contributed by atoms with Gasteiger partial charge in [0.25, 0.3) is 0 Å². The maximum absolute atomic E-state index is 5.87. The van der Waals surface area contributed by atoms with Crippen LogP contribution in [-0.4, -0.2) is 33.8 Å². The molecule has 0 aromatic carbocycles. The normalized spacial score (nSPS) is 14.4. The summed E-state index contributed by atoms with van der Waals surface area (Å²) in [5, 5.41) is 4.37. The summed E-state index contributed by atoms with van der Waals surface area (Å²) in [5.74, 6) is 1.42. The highest BCUT2D eigenvalue weighted by atomic mass is 15.4. The monoisotopic (exact) mass is 299 g/mol. The molecule has 22 heavy (non-hydrogen) atoms. The predicted octanol–water partition coefficient (Wildman–Crippen LogP) is 3.07. The van der Waals surface area contributed by atoms with Gasteiger partial charge in [0, 0.05) is 36.5 Å². The van der Waals surface area contributed by atoms with Gasteiger partial charge in [-0.3, -0.25) is 0 Å². The minimum Gasteiger partial charge on any atom is -0.382 e. The maximum atomic E-state index is 5.87. The first-order chi connectivity index (χ1) is 10.4. The van der Waals surface area contributed by atoms with E-state index in [9.17, 15) is 0 Å². The van der Waals surface area contributed by atoms with E-state index in [0.29, 0.717) is 18.4 Å². The Morgan fingerprint density at radius 3 is 2.64 bits per heavy atom. The zero-order valence-electron chi connectivity index (χ0n) is 13.7. The molecule has 0 atom stereocenters. The van der Waals surface area contributed by atoms with Crippen molar-refractivity contribution in [2.45, 2.75) is 26.8 Å². The summed E-state index contributed by atoms with van der Waals surface area (Å²) in [4.78, 5) is 4.33. The highest BCUT2D eigenvalue weighted by Crippen LogP contribution is 2.35. The molecule has 0 amide bonds. The molecule has 1 aliphatic heterocycles. The molecule has 0 bridgehead atoms. The van der Waals surface area contributed by atoms with Crippen LogP contribution in [0, 0.1) is 0 Å². The van der Waals surface area contributed by atoms with Crippen molar-refractivity contribution in [2.75, 3.05) is 23.7 Å². The molecule has 1 aromatic rings. The van der Waals surface area contributed by atoms with E-state index in [1.54, 1.807) is 0 Å². The summed E-state index contributed by atoms with van der Waals surface area (Å²) in [6, 6.07) is 2.23. The lowest BCUT2D eigenvalue weighted by atomic mass is 10.1. The van der Waals surface area contributed by atoms with Gasteiger partial charge in [0.2, 0.25) is 0 Å². The first-order valence-electron chi connectivity index (χ1n) is 7.42. The number of fused-ring (bicyclic) bond motifs is 1. The second-order valence-electron chi connectivity index (χ2n) is 5.70. The molecule has 0 aliphatic carbocycles. The van der Waals surface area contributed by atoms with E-state index in [2.05, 4.69) is 55.4 Å². The van der Waals surface area contributed by atoms with Crippen LogP contribution < -0.4 is 10.6 Å². The molecule has 5 heteroatoms. The molecule has 2 heterocycles. The van der Waals surface area contributed by atoms with Gasteiger partial charge in [0.15, 0.2) is 0 Å². The molecular weight excluding hydrogens is 274 g/mol. The number of hydrogen-bond acceptors (Lipinski definition) is 4. The van der Waals surface area contributed by atoms with Gasteiger partial charge in [-0.25, -0.2) is 4.68 Å². The van der Waals surface area contributed by atoms with Crippen molar-refractivity contribution in [2.24, 2.45) is 0 Å². The van der Waals surface area contributed by atoms with E-state index in [1.807, 2.05) is 23.0 Å². The molecule has 2 rings (SSSR count). The third kappa shape index (κ3) is 2.66. The van der Waals surface area contributed by atoms with Crippen molar-refractivity contribution in [3.63, 3.8) is 0 Å². The highest BCUT2D eigenvalue weighted by Gasteiger charge is 2.27. The third-order valence-electron chi connectivity index (χ3n) is 3.98. The molecule has 0 saturated heterocycles. The lowest BCUT2D eigenvalue weighted by Crippen LogP contribution is -2.35. The Morgan fingerprint density at radius 2 is 2.09 bits per heavy atom. The summed E-state index contributed by atoms with van der Waals surface area (Å²) in [6.45, 7) is 19.8. The van der Waals surface area contributed by atoms with Crippen LogP contribution in [0.25, 0.3) is 5.70 Å². The summed E-state index contributed by atoms with van der Waals surface area (Å²) >= 11 is 0. The van der Waals surface area contributed by atoms with E-state index in [4.69, 9.17) is 5.73 Å². The Hall–Kier alpha value is -2.43. The van der Waals surface area contributed by atoms with E-state index >= 15 is 0 Å². The lowest BCUT2D eigenvalue weighted by molar-refractivity contribution is 0.337. The van der Waals surface area contributed by atoms with E-state index in [0.717, 1.165) is 29.3 Å². The van der Waals surface area contributed by atoms with Crippen molar-refractivity contribution in [1.82, 2.24) is 14.7 Å². The molecule has 0 fully saturated rings. The van der Waals surface area contributed by atoms with Gasteiger partial charge in [-0.2, -0.15) is 0 Å². The maximum Gasteiger partial charge on any atom is 0.148 e. The van der Waals surface area contributed by atoms with Gasteiger partial charge in [-0.1, -0.05) is 19.2 Å². The minimum atomic E-state index is 0.363. The number of anilines is 2. The van der Waals surface area contributed by atoms with Crippen LogP contribution in [0.4, 0.5) is 11.6 Å². The van der Waals surface area contributed by atoms with Crippen LogP contribution in [0.2, 0.25) is 0 Å². The molecule has 1 aliphatic rings. The molecule has 118 valence electrons. The van der Waals surface area contributed by atoms with Crippen molar-refractivity contribution < 1.29 is 0 Å². The highest BCUT2D eigenvalue weighted by molar-refractivity contribution is 5.75. The van der Waals surface area contributed by atoms with E-state index in [1.165, 1.54) is 0 Å². The quantitative estimate of drug-likeness (QED) is 0.820. The molecular formula is C17H25N5. The number of nitrogens with zero attached hydrogens (tertiary/aromatic N) is 4. The SMILES string of the molecule is C=CCN1C(C)=C(CN(C=C)C(C)C)C(=C)n2nc(N)cc21. The lowest BCUT2D eigenvalue weighted by Gasteiger charge is -2.35. The van der Waals surface area contributed by atoms with Gasteiger partial charge in [0.1, 0.15) is 11.6 Å².